The Balaban J connectivity index is 2.33. The molecule has 0 bridgehead atoms. The first-order valence-corrected chi connectivity index (χ1v) is 8.50. The topological polar surface area (TPSA) is 85.3 Å². The van der Waals surface area contributed by atoms with Crippen LogP contribution in [0.1, 0.15) is 40.2 Å². The van der Waals surface area contributed by atoms with Gasteiger partial charge in [0.15, 0.2) is 6.10 Å². The van der Waals surface area contributed by atoms with Crippen molar-refractivity contribution in [3.05, 3.63) is 29.8 Å². The van der Waals surface area contributed by atoms with Crippen LogP contribution < -0.4 is 4.74 Å². The Labute approximate surface area is 153 Å². The minimum atomic E-state index is -1.14. The second-order valence-electron chi connectivity index (χ2n) is 7.79. The zero-order valence-electron chi connectivity index (χ0n) is 16.1. The molecule has 7 heteroatoms. The molecule has 1 N–H and O–H groups in total. The van der Waals surface area contributed by atoms with E-state index in [0.29, 0.717) is 12.2 Å². The number of carboxylic acid groups (broad SMARTS) is 1. The summed E-state index contributed by atoms with van der Waals surface area (Å²) in [6.07, 6.45) is -1.41. The minimum absolute atomic E-state index is 0.323. The molecule has 1 aliphatic heterocycles. The Morgan fingerprint density at radius 3 is 2.27 bits per heavy atom. The van der Waals surface area contributed by atoms with Gasteiger partial charge in [0.25, 0.3) is 0 Å². The summed E-state index contributed by atoms with van der Waals surface area (Å²) < 4.78 is 16.3. The Bertz CT molecular complexity index is 662. The van der Waals surface area contributed by atoms with E-state index in [1.54, 1.807) is 53.9 Å². The SMILES string of the molecule is COc1ccc(C[C@@H]2[C@@H](C(=O)O)OC(C)(C)N2C(=O)OC(C)(C)C)cc1. The molecule has 1 amide bonds. The van der Waals surface area contributed by atoms with Crippen LogP contribution >= 0.6 is 0 Å². The van der Waals surface area contributed by atoms with E-state index in [2.05, 4.69) is 0 Å². The maximum Gasteiger partial charge on any atom is 0.412 e. The van der Waals surface area contributed by atoms with Gasteiger partial charge in [0, 0.05) is 0 Å². The molecule has 7 nitrogen and oxygen atoms in total. The summed E-state index contributed by atoms with van der Waals surface area (Å²) in [5.41, 5.74) is -0.918. The van der Waals surface area contributed by atoms with Crippen molar-refractivity contribution in [2.45, 2.75) is 64.5 Å². The lowest BCUT2D eigenvalue weighted by molar-refractivity contribution is -0.155. The van der Waals surface area contributed by atoms with Crippen molar-refractivity contribution in [2.24, 2.45) is 0 Å². The number of hydrogen-bond donors (Lipinski definition) is 1. The number of carbonyl (C=O) groups excluding carboxylic acids is 1. The van der Waals surface area contributed by atoms with Crippen LogP contribution in [0.5, 0.6) is 5.75 Å². The molecular weight excluding hydrogens is 338 g/mol. The fourth-order valence-electron chi connectivity index (χ4n) is 3.06. The van der Waals surface area contributed by atoms with Crippen molar-refractivity contribution in [2.75, 3.05) is 7.11 Å². The van der Waals surface area contributed by atoms with Gasteiger partial charge in [0.05, 0.1) is 13.2 Å². The molecule has 1 saturated heterocycles. The predicted molar refractivity (Wildman–Crippen MR) is 95.1 cm³/mol. The molecular formula is C19H27NO6. The van der Waals surface area contributed by atoms with Crippen molar-refractivity contribution < 1.29 is 28.9 Å². The fraction of sp³-hybridized carbons (Fsp3) is 0.579. The number of hydrogen-bond acceptors (Lipinski definition) is 5. The molecule has 0 radical (unpaired) electrons. The van der Waals surface area contributed by atoms with E-state index in [1.807, 2.05) is 12.1 Å². The zero-order chi connectivity index (χ0) is 19.7. The van der Waals surface area contributed by atoms with E-state index >= 15 is 0 Å². The second kappa shape index (κ2) is 7.15. The van der Waals surface area contributed by atoms with E-state index in [1.165, 1.54) is 4.90 Å². The fourth-order valence-corrected chi connectivity index (χ4v) is 3.06. The summed E-state index contributed by atoms with van der Waals surface area (Å²) in [5, 5.41) is 9.58. The first-order valence-electron chi connectivity index (χ1n) is 8.50. The van der Waals surface area contributed by atoms with E-state index in [0.717, 1.165) is 5.56 Å². The van der Waals surface area contributed by atoms with Crippen LogP contribution in [0, 0.1) is 0 Å². The van der Waals surface area contributed by atoms with Gasteiger partial charge < -0.3 is 19.3 Å². The summed E-state index contributed by atoms with van der Waals surface area (Å²) in [5.74, 6) is -0.404. The van der Waals surface area contributed by atoms with E-state index in [-0.39, 0.29) is 0 Å². The van der Waals surface area contributed by atoms with Crippen LogP contribution in [0.2, 0.25) is 0 Å². The molecule has 144 valence electrons. The number of aliphatic carboxylic acids is 1. The summed E-state index contributed by atoms with van der Waals surface area (Å²) in [7, 11) is 1.58. The Morgan fingerprint density at radius 1 is 1.23 bits per heavy atom. The highest BCUT2D eigenvalue weighted by Gasteiger charge is 2.53. The number of amides is 1. The van der Waals surface area contributed by atoms with Crippen LogP contribution in [0.3, 0.4) is 0 Å². The monoisotopic (exact) mass is 365 g/mol. The van der Waals surface area contributed by atoms with Gasteiger partial charge in [-0.25, -0.2) is 9.59 Å². The standard InChI is InChI=1S/C19H27NO6/c1-18(2,3)26-17(23)20-14(15(16(21)22)25-19(20,4)5)11-12-7-9-13(24-6)10-8-12/h7-10,14-15H,11H2,1-6H3,(H,21,22)/t14-,15+/m1/s1. The normalized spacial score (nSPS) is 22.2. The number of nitrogens with zero attached hydrogens (tertiary/aromatic N) is 1. The quantitative estimate of drug-likeness (QED) is 0.883. The Kier molecular flexibility index (Phi) is 5.51. The third-order valence-corrected chi connectivity index (χ3v) is 4.11. The van der Waals surface area contributed by atoms with Crippen LogP contribution in [0.25, 0.3) is 0 Å². The molecule has 0 aliphatic carbocycles. The van der Waals surface area contributed by atoms with Crippen molar-refractivity contribution in [1.29, 1.82) is 0 Å². The third-order valence-electron chi connectivity index (χ3n) is 4.11. The van der Waals surface area contributed by atoms with Crippen molar-refractivity contribution >= 4 is 12.1 Å². The Hall–Kier alpha value is -2.28. The zero-order valence-corrected chi connectivity index (χ0v) is 16.1. The first kappa shape index (κ1) is 20.0. The molecule has 2 rings (SSSR count). The summed E-state index contributed by atoms with van der Waals surface area (Å²) in [6.45, 7) is 8.63. The molecule has 1 fully saturated rings. The van der Waals surface area contributed by atoms with Crippen molar-refractivity contribution in [3.63, 3.8) is 0 Å². The van der Waals surface area contributed by atoms with Crippen molar-refractivity contribution in [3.8, 4) is 5.75 Å². The van der Waals surface area contributed by atoms with Crippen LogP contribution in [-0.4, -0.2) is 52.7 Å². The molecule has 1 aliphatic rings. The highest BCUT2D eigenvalue weighted by atomic mass is 16.6. The lowest BCUT2D eigenvalue weighted by atomic mass is 10.00. The maximum absolute atomic E-state index is 12.8. The van der Waals surface area contributed by atoms with Gasteiger partial charge in [0.2, 0.25) is 0 Å². The number of carbonyl (C=O) groups is 2. The number of carboxylic acids is 1. The van der Waals surface area contributed by atoms with Gasteiger partial charge >= 0.3 is 12.1 Å². The Morgan fingerprint density at radius 2 is 1.81 bits per heavy atom. The number of rotatable bonds is 4. The average Bonchev–Trinajstić information content (AvgIpc) is 2.77. The number of methoxy groups -OCH3 is 1. The van der Waals surface area contributed by atoms with Gasteiger partial charge in [-0.05, 0) is 58.7 Å². The van der Waals surface area contributed by atoms with Gasteiger partial charge in [0.1, 0.15) is 17.1 Å². The summed E-state index contributed by atoms with van der Waals surface area (Å²) in [6, 6.07) is 6.59. The molecule has 1 heterocycles. The van der Waals surface area contributed by atoms with E-state index in [9.17, 15) is 14.7 Å². The highest BCUT2D eigenvalue weighted by molar-refractivity contribution is 5.77. The minimum Gasteiger partial charge on any atom is -0.497 e. The van der Waals surface area contributed by atoms with Gasteiger partial charge in [-0.1, -0.05) is 12.1 Å². The van der Waals surface area contributed by atoms with Crippen LogP contribution in [0.4, 0.5) is 4.79 Å². The molecule has 1 aromatic carbocycles. The lowest BCUT2D eigenvalue weighted by Crippen LogP contribution is -2.51. The molecule has 2 atom stereocenters. The number of benzene rings is 1. The average molecular weight is 365 g/mol. The molecule has 0 saturated carbocycles. The largest absolute Gasteiger partial charge is 0.497 e. The molecule has 26 heavy (non-hydrogen) atoms. The second-order valence-corrected chi connectivity index (χ2v) is 7.79. The van der Waals surface area contributed by atoms with E-state index < -0.39 is 35.5 Å². The van der Waals surface area contributed by atoms with Crippen LogP contribution in [0.15, 0.2) is 24.3 Å². The third kappa shape index (κ3) is 4.46. The van der Waals surface area contributed by atoms with Gasteiger partial charge in [-0.2, -0.15) is 0 Å². The van der Waals surface area contributed by atoms with Gasteiger partial charge in [-0.3, -0.25) is 4.90 Å². The lowest BCUT2D eigenvalue weighted by Gasteiger charge is -2.35. The molecule has 1 aromatic rings. The van der Waals surface area contributed by atoms with Gasteiger partial charge in [-0.15, -0.1) is 0 Å². The number of ether oxygens (including phenoxy) is 3. The summed E-state index contributed by atoms with van der Waals surface area (Å²) in [4.78, 5) is 25.9. The van der Waals surface area contributed by atoms with Crippen molar-refractivity contribution in [1.82, 2.24) is 4.90 Å². The smallest absolute Gasteiger partial charge is 0.412 e. The van der Waals surface area contributed by atoms with Crippen LogP contribution in [-0.2, 0) is 20.7 Å². The summed E-state index contributed by atoms with van der Waals surface area (Å²) >= 11 is 0. The van der Waals surface area contributed by atoms with E-state index in [4.69, 9.17) is 14.2 Å². The maximum atomic E-state index is 12.8. The highest BCUT2D eigenvalue weighted by Crippen LogP contribution is 2.35. The predicted octanol–water partition coefficient (Wildman–Crippen LogP) is 3.06. The molecule has 0 aromatic heterocycles. The first-order chi connectivity index (χ1) is 11.9. The molecule has 0 unspecified atom stereocenters. The molecule has 0 spiro atoms.